The standard InChI is InChI=1S/C45H52N4O14S2/c1-44(2)32-28-30(64(56,57)58)18-20-34(32)46(26-12-6-10-16-42(54)62-48-38(50)22-23-39(48)51)36(44)14-8-5-9-15-37-45(3,4)33-29-31(65(59,60)61)19-21-35(33)47(37)27-13-7-11-17-43(55)63-49-40(52)24-25-41(49)53/h5,8-9,14-15,18-21,28-29H,6-7,10-13,16-17,22-27H2,1-4H3,(H-,56,57,58,59,60,61)/p+1. The minimum atomic E-state index is -4.49. The third-order valence-electron chi connectivity index (χ3n) is 12.0. The summed E-state index contributed by atoms with van der Waals surface area (Å²) in [5.74, 6) is -3.56. The number of rotatable bonds is 19. The molecule has 348 valence electrons. The average Bonchev–Trinajstić information content (AvgIpc) is 3.86. The van der Waals surface area contributed by atoms with Gasteiger partial charge in [-0.1, -0.05) is 38.5 Å². The van der Waals surface area contributed by atoms with E-state index >= 15 is 0 Å². The Kier molecular flexibility index (Phi) is 14.5. The van der Waals surface area contributed by atoms with E-state index in [1.165, 1.54) is 24.3 Å². The Labute approximate surface area is 377 Å². The van der Waals surface area contributed by atoms with Gasteiger partial charge in [-0.25, -0.2) is 9.59 Å². The van der Waals surface area contributed by atoms with Crippen LogP contribution in [-0.2, 0) is 69.5 Å². The molecule has 0 spiro atoms. The van der Waals surface area contributed by atoms with Crippen LogP contribution in [0.1, 0.15) is 116 Å². The molecule has 4 amide bonds. The van der Waals surface area contributed by atoms with Crippen LogP contribution in [0, 0.1) is 0 Å². The number of amides is 4. The second-order valence-electron chi connectivity index (χ2n) is 17.3. The summed E-state index contributed by atoms with van der Waals surface area (Å²) in [6.07, 6.45) is 12.6. The van der Waals surface area contributed by atoms with Gasteiger partial charge in [0, 0.05) is 86.0 Å². The first-order chi connectivity index (χ1) is 30.5. The van der Waals surface area contributed by atoms with Crippen molar-refractivity contribution < 1.29 is 69.0 Å². The van der Waals surface area contributed by atoms with E-state index in [2.05, 4.69) is 9.48 Å². The van der Waals surface area contributed by atoms with Gasteiger partial charge in [0.05, 0.1) is 15.2 Å². The number of carbonyl (C=O) groups is 6. The van der Waals surface area contributed by atoms with Crippen LogP contribution in [0.25, 0.3) is 0 Å². The smallest absolute Gasteiger partial charge is 0.333 e. The summed E-state index contributed by atoms with van der Waals surface area (Å²) in [4.78, 5) is 83.5. The van der Waals surface area contributed by atoms with Crippen molar-refractivity contribution in [3.05, 3.63) is 83.6 Å². The topological polar surface area (TPSA) is 242 Å². The van der Waals surface area contributed by atoms with Crippen LogP contribution in [0.5, 0.6) is 0 Å². The number of unbranched alkanes of at least 4 members (excludes halogenated alkanes) is 4. The minimum absolute atomic E-state index is 0.00183. The molecule has 18 nitrogen and oxygen atoms in total. The fourth-order valence-electron chi connectivity index (χ4n) is 8.51. The Balaban J connectivity index is 1.18. The van der Waals surface area contributed by atoms with E-state index in [0.29, 0.717) is 72.9 Å². The van der Waals surface area contributed by atoms with Crippen molar-refractivity contribution in [1.82, 2.24) is 10.1 Å². The van der Waals surface area contributed by atoms with Crippen molar-refractivity contribution in [1.29, 1.82) is 0 Å². The Morgan fingerprint density at radius 2 is 1.17 bits per heavy atom. The highest BCUT2D eigenvalue weighted by molar-refractivity contribution is 7.86. The molecule has 0 aromatic heterocycles. The van der Waals surface area contributed by atoms with Crippen molar-refractivity contribution in [3.63, 3.8) is 0 Å². The Hall–Kier alpha value is -5.83. The van der Waals surface area contributed by atoms with Crippen molar-refractivity contribution >= 4 is 72.9 Å². The van der Waals surface area contributed by atoms with Crippen LogP contribution >= 0.6 is 0 Å². The van der Waals surface area contributed by atoms with E-state index in [-0.39, 0.29) is 48.3 Å². The van der Waals surface area contributed by atoms with Gasteiger partial charge in [0.1, 0.15) is 6.54 Å². The molecule has 2 aromatic rings. The molecule has 2 N–H and O–H groups in total. The van der Waals surface area contributed by atoms with E-state index in [4.69, 9.17) is 9.68 Å². The summed E-state index contributed by atoms with van der Waals surface area (Å²) in [7, 11) is -8.99. The summed E-state index contributed by atoms with van der Waals surface area (Å²) in [6, 6.07) is 8.90. The molecule has 20 heteroatoms. The second-order valence-corrected chi connectivity index (χ2v) is 20.1. The molecular formula is C45H53N4O14S2+. The fourth-order valence-corrected chi connectivity index (χ4v) is 9.53. The molecular weight excluding hydrogens is 885 g/mol. The van der Waals surface area contributed by atoms with Crippen LogP contribution in [0.3, 0.4) is 0 Å². The second kappa shape index (κ2) is 19.3. The first-order valence-electron chi connectivity index (χ1n) is 21.4. The SMILES string of the molecule is CC1(C)C(C=C/C=C/C=C2\N(CCCCCC(=O)ON3C(=O)CCC3=O)c3ccc(S(=O)(=O)O)cc3C2(C)C)=[N+](CCCCCC(=O)ON2C(=O)CCC2=O)c2ccc(S(=O)(=O)O)cc21. The molecule has 2 saturated heterocycles. The molecule has 2 fully saturated rings. The van der Waals surface area contributed by atoms with E-state index in [1.807, 2.05) is 58.1 Å². The average molecular weight is 938 g/mol. The monoisotopic (exact) mass is 937 g/mol. The fraction of sp³-hybridized carbons (Fsp3) is 0.444. The quantitative estimate of drug-likeness (QED) is 0.0566. The first-order valence-corrected chi connectivity index (χ1v) is 24.2. The number of allylic oxidation sites excluding steroid dienone is 6. The molecule has 0 saturated carbocycles. The van der Waals surface area contributed by atoms with Gasteiger partial charge in [0.15, 0.2) is 5.71 Å². The Morgan fingerprint density at radius 3 is 1.71 bits per heavy atom. The van der Waals surface area contributed by atoms with Gasteiger partial charge >= 0.3 is 11.9 Å². The number of benzene rings is 2. The maximum Gasteiger partial charge on any atom is 0.333 e. The molecule has 0 unspecified atom stereocenters. The van der Waals surface area contributed by atoms with Gasteiger partial charge in [-0.3, -0.25) is 28.3 Å². The maximum atomic E-state index is 12.4. The molecule has 4 heterocycles. The van der Waals surface area contributed by atoms with Crippen molar-refractivity contribution in [3.8, 4) is 0 Å². The molecule has 4 aliphatic heterocycles. The third kappa shape index (κ3) is 10.8. The molecule has 0 radical (unpaired) electrons. The normalized spacial score (nSPS) is 18.9. The van der Waals surface area contributed by atoms with E-state index in [9.17, 15) is 54.7 Å². The lowest BCUT2D eigenvalue weighted by Gasteiger charge is -2.27. The summed E-state index contributed by atoms with van der Waals surface area (Å²) in [5.41, 5.74) is 3.09. The number of fused-ring (bicyclic) bond motifs is 2. The van der Waals surface area contributed by atoms with Crippen molar-refractivity contribution in [2.75, 3.05) is 18.0 Å². The Bertz CT molecular complexity index is 2630. The zero-order valence-electron chi connectivity index (χ0n) is 36.6. The van der Waals surface area contributed by atoms with Gasteiger partial charge in [0.25, 0.3) is 43.9 Å². The predicted molar refractivity (Wildman–Crippen MR) is 233 cm³/mol. The lowest BCUT2D eigenvalue weighted by Crippen LogP contribution is -2.32. The number of hydrogen-bond acceptors (Lipinski definition) is 13. The molecule has 6 rings (SSSR count). The lowest BCUT2D eigenvalue weighted by atomic mass is 9.81. The molecule has 2 aromatic carbocycles. The molecule has 65 heavy (non-hydrogen) atoms. The maximum absolute atomic E-state index is 12.4. The van der Waals surface area contributed by atoms with Crippen LogP contribution < -0.4 is 4.90 Å². The third-order valence-corrected chi connectivity index (χ3v) is 13.7. The molecule has 0 atom stereocenters. The summed E-state index contributed by atoms with van der Waals surface area (Å²) < 4.78 is 70.3. The van der Waals surface area contributed by atoms with E-state index in [0.717, 1.165) is 22.8 Å². The number of hydrogen-bond donors (Lipinski definition) is 2. The zero-order chi connectivity index (χ0) is 47.5. The number of nitrogens with zero attached hydrogens (tertiary/aromatic N) is 4. The van der Waals surface area contributed by atoms with Crippen LogP contribution in [0.15, 0.2) is 82.3 Å². The summed E-state index contributed by atoms with van der Waals surface area (Å²) in [5, 5.41) is 1.05. The highest BCUT2D eigenvalue weighted by atomic mass is 32.2. The highest BCUT2D eigenvalue weighted by Crippen LogP contribution is 2.49. The van der Waals surface area contributed by atoms with E-state index < -0.39 is 66.6 Å². The van der Waals surface area contributed by atoms with Gasteiger partial charge < -0.3 is 14.6 Å². The Morgan fingerprint density at radius 1 is 0.662 bits per heavy atom. The van der Waals surface area contributed by atoms with E-state index in [1.54, 1.807) is 12.1 Å². The number of anilines is 1. The van der Waals surface area contributed by atoms with Crippen LogP contribution in [-0.4, -0.2) is 95.0 Å². The predicted octanol–water partition coefficient (Wildman–Crippen LogP) is 5.69. The largest absolute Gasteiger partial charge is 0.344 e. The van der Waals surface area contributed by atoms with Gasteiger partial charge in [-0.15, -0.1) is 10.1 Å². The summed E-state index contributed by atoms with van der Waals surface area (Å²) in [6.45, 7) is 8.74. The van der Waals surface area contributed by atoms with Gasteiger partial charge in [0.2, 0.25) is 5.69 Å². The molecule has 0 aliphatic carbocycles. The summed E-state index contributed by atoms with van der Waals surface area (Å²) >= 11 is 0. The first kappa shape index (κ1) is 48.6. The van der Waals surface area contributed by atoms with Crippen LogP contribution in [0.4, 0.5) is 11.4 Å². The van der Waals surface area contributed by atoms with Gasteiger partial charge in [-0.2, -0.15) is 21.4 Å². The molecule has 4 aliphatic rings. The number of hydroxylamine groups is 4. The lowest BCUT2D eigenvalue weighted by molar-refractivity contribution is -0.438. The molecule has 0 bridgehead atoms. The van der Waals surface area contributed by atoms with Gasteiger partial charge in [-0.05, 0) is 81.5 Å². The van der Waals surface area contributed by atoms with Crippen molar-refractivity contribution in [2.24, 2.45) is 0 Å². The zero-order valence-corrected chi connectivity index (χ0v) is 38.3. The minimum Gasteiger partial charge on any atom is -0.344 e. The number of carbonyl (C=O) groups excluding carboxylic acids is 6. The number of imide groups is 2. The van der Waals surface area contributed by atoms with Crippen molar-refractivity contribution in [2.45, 2.75) is 125 Å². The van der Waals surface area contributed by atoms with Crippen LogP contribution in [0.2, 0.25) is 0 Å². The highest BCUT2D eigenvalue weighted by Gasteiger charge is 2.45.